The van der Waals surface area contributed by atoms with Gasteiger partial charge in [-0.3, -0.25) is 4.79 Å². The van der Waals surface area contributed by atoms with Crippen LogP contribution in [0.1, 0.15) is 80.8 Å². The number of nitrogens with zero attached hydrogens (tertiary/aromatic N) is 2. The van der Waals surface area contributed by atoms with Crippen molar-refractivity contribution >= 4 is 39.2 Å². The fourth-order valence-electron chi connectivity index (χ4n) is 6.45. The number of ketones is 1. The predicted molar refractivity (Wildman–Crippen MR) is 156 cm³/mol. The Morgan fingerprint density at radius 1 is 1.14 bits per heavy atom. The summed E-state index contributed by atoms with van der Waals surface area (Å²) in [6, 6.07) is 8.87. The van der Waals surface area contributed by atoms with Gasteiger partial charge < -0.3 is 15.6 Å². The van der Waals surface area contributed by atoms with Crippen molar-refractivity contribution < 1.29 is 4.79 Å². The van der Waals surface area contributed by atoms with Gasteiger partial charge in [0.15, 0.2) is 10.9 Å². The summed E-state index contributed by atoms with van der Waals surface area (Å²) in [5.41, 5.74) is 9.42. The number of hydrogen-bond acceptors (Lipinski definition) is 5. The molecule has 0 amide bonds. The van der Waals surface area contributed by atoms with Gasteiger partial charge in [-0.25, -0.2) is 4.98 Å². The highest BCUT2D eigenvalue weighted by Crippen LogP contribution is 2.35. The number of thiazole rings is 1. The highest BCUT2D eigenvalue weighted by Gasteiger charge is 2.28. The topological polar surface area (TPSA) is 75.0 Å². The highest BCUT2D eigenvalue weighted by atomic mass is 32.1. The summed E-state index contributed by atoms with van der Waals surface area (Å²) in [5, 5.41) is 1.90. The molecule has 0 radical (unpaired) electrons. The van der Waals surface area contributed by atoms with E-state index < -0.39 is 0 Å². The molecule has 2 aliphatic rings. The Balaban J connectivity index is 1.03. The zero-order valence-corrected chi connectivity index (χ0v) is 23.1. The van der Waals surface area contributed by atoms with E-state index in [0.29, 0.717) is 18.4 Å². The maximum absolute atomic E-state index is 12.5. The smallest absolute Gasteiger partial charge is 0.180 e. The van der Waals surface area contributed by atoms with Crippen molar-refractivity contribution in [2.75, 3.05) is 18.8 Å². The first-order valence-electron chi connectivity index (χ1n) is 14.3. The predicted octanol–water partition coefficient (Wildman–Crippen LogP) is 7.04. The van der Waals surface area contributed by atoms with Crippen LogP contribution in [0.4, 0.5) is 5.13 Å². The number of benzene rings is 1. The number of para-hydroxylation sites is 1. The summed E-state index contributed by atoms with van der Waals surface area (Å²) in [6.45, 7) is 4.71. The second kappa shape index (κ2) is 12.4. The maximum Gasteiger partial charge on any atom is 0.180 e. The van der Waals surface area contributed by atoms with Crippen molar-refractivity contribution in [1.82, 2.24) is 14.9 Å². The Kier molecular flexibility index (Phi) is 8.78. The van der Waals surface area contributed by atoms with Crippen molar-refractivity contribution in [3.05, 3.63) is 52.7 Å². The Morgan fingerprint density at radius 2 is 1.92 bits per heavy atom. The first-order chi connectivity index (χ1) is 18.1. The molecule has 198 valence electrons. The first kappa shape index (κ1) is 26.2. The fraction of sp³-hybridized carbons (Fsp3) is 0.548. The molecular weight excluding hydrogens is 476 g/mol. The molecule has 1 fully saturated rings. The van der Waals surface area contributed by atoms with Crippen LogP contribution in [-0.2, 0) is 17.6 Å². The van der Waals surface area contributed by atoms with E-state index in [4.69, 9.17) is 5.73 Å². The summed E-state index contributed by atoms with van der Waals surface area (Å²) in [7, 11) is 0. The number of aromatic amines is 1. The maximum atomic E-state index is 12.5. The van der Waals surface area contributed by atoms with Gasteiger partial charge in [-0.2, -0.15) is 0 Å². The molecule has 5 nitrogen and oxygen atoms in total. The SMILES string of the molecule is CCCN(CCC1CCC(CCC(=O)C=Cc2c[nH]c3ccccc23)CC1)C1CCc2nc(N)sc2C1. The van der Waals surface area contributed by atoms with E-state index >= 15 is 0 Å². The lowest BCUT2D eigenvalue weighted by molar-refractivity contribution is -0.114. The van der Waals surface area contributed by atoms with Crippen LogP contribution >= 0.6 is 11.3 Å². The van der Waals surface area contributed by atoms with Crippen molar-refractivity contribution in [3.63, 3.8) is 0 Å². The number of nitrogens with one attached hydrogen (secondary N) is 1. The van der Waals surface area contributed by atoms with Crippen LogP contribution < -0.4 is 5.73 Å². The molecule has 0 aliphatic heterocycles. The molecule has 3 N–H and O–H groups in total. The molecule has 0 bridgehead atoms. The standard InChI is InChI=1S/C31H42N4OS/c1-2-18-35(25-13-16-29-30(20-25)37-31(32)34-29)19-17-23-9-7-22(8-10-23)11-14-26(36)15-12-24-21-33-28-6-4-3-5-27(24)28/h3-6,12,15,21-23,25,33H,2,7-11,13-14,16-20H2,1H3,(H2,32,34). The summed E-state index contributed by atoms with van der Waals surface area (Å²) < 4.78 is 0. The van der Waals surface area contributed by atoms with Crippen molar-refractivity contribution in [2.24, 2.45) is 11.8 Å². The number of carbonyl (C=O) groups excluding carboxylic acids is 1. The molecule has 2 aliphatic carbocycles. The number of carbonyl (C=O) groups is 1. The molecule has 1 saturated carbocycles. The van der Waals surface area contributed by atoms with E-state index in [0.717, 1.165) is 41.4 Å². The number of nitrogen functional groups attached to an aromatic ring is 1. The van der Waals surface area contributed by atoms with Gasteiger partial charge in [-0.05, 0) is 87.2 Å². The minimum atomic E-state index is 0.251. The molecule has 5 rings (SSSR count). The van der Waals surface area contributed by atoms with Crippen molar-refractivity contribution in [1.29, 1.82) is 0 Å². The third-order valence-electron chi connectivity index (χ3n) is 8.62. The number of hydrogen-bond donors (Lipinski definition) is 2. The average Bonchev–Trinajstić information content (AvgIpc) is 3.51. The van der Waals surface area contributed by atoms with Gasteiger partial charge in [-0.15, -0.1) is 11.3 Å². The van der Waals surface area contributed by atoms with Gasteiger partial charge in [0.05, 0.1) is 5.69 Å². The minimum absolute atomic E-state index is 0.251. The number of allylic oxidation sites excluding steroid dienone is 1. The quantitative estimate of drug-likeness (QED) is 0.267. The number of aryl methyl sites for hydroxylation is 1. The second-order valence-corrected chi connectivity index (χ2v) is 12.3. The molecule has 1 unspecified atom stereocenters. The van der Waals surface area contributed by atoms with Crippen LogP contribution in [-0.4, -0.2) is 39.8 Å². The van der Waals surface area contributed by atoms with Crippen LogP contribution in [0.15, 0.2) is 36.5 Å². The number of anilines is 1. The Labute approximate surface area is 225 Å². The number of rotatable bonds is 11. The van der Waals surface area contributed by atoms with Crippen molar-refractivity contribution in [3.8, 4) is 0 Å². The third kappa shape index (κ3) is 6.71. The molecule has 3 aromatic rings. The molecule has 0 spiro atoms. The van der Waals surface area contributed by atoms with E-state index in [1.54, 1.807) is 17.4 Å². The zero-order chi connectivity index (χ0) is 25.6. The van der Waals surface area contributed by atoms with E-state index in [1.165, 1.54) is 74.0 Å². The van der Waals surface area contributed by atoms with E-state index in [2.05, 4.69) is 33.9 Å². The van der Waals surface area contributed by atoms with Gasteiger partial charge in [0.25, 0.3) is 0 Å². The molecule has 1 atom stereocenters. The normalized spacial score (nSPS) is 22.2. The largest absolute Gasteiger partial charge is 0.375 e. The average molecular weight is 519 g/mol. The molecule has 37 heavy (non-hydrogen) atoms. The summed E-state index contributed by atoms with van der Waals surface area (Å²) in [6.07, 6.45) is 18.6. The Bertz CT molecular complexity index is 1200. The van der Waals surface area contributed by atoms with Gasteiger partial charge in [0.1, 0.15) is 0 Å². The number of fused-ring (bicyclic) bond motifs is 2. The minimum Gasteiger partial charge on any atom is -0.375 e. The van der Waals surface area contributed by atoms with Crippen molar-refractivity contribution in [2.45, 2.75) is 83.6 Å². The van der Waals surface area contributed by atoms with Crippen LogP contribution in [0.2, 0.25) is 0 Å². The number of aromatic nitrogens is 2. The second-order valence-electron chi connectivity index (χ2n) is 11.2. The van der Waals surface area contributed by atoms with E-state index in [-0.39, 0.29) is 5.78 Å². The summed E-state index contributed by atoms with van der Waals surface area (Å²) >= 11 is 1.70. The number of H-pyrrole nitrogens is 1. The Morgan fingerprint density at radius 3 is 2.73 bits per heavy atom. The molecule has 0 saturated heterocycles. The first-order valence-corrected chi connectivity index (χ1v) is 15.2. The molecule has 6 heteroatoms. The van der Waals surface area contributed by atoms with Crippen LogP contribution in [0, 0.1) is 11.8 Å². The third-order valence-corrected chi connectivity index (χ3v) is 9.57. The lowest BCUT2D eigenvalue weighted by Crippen LogP contribution is -2.40. The van der Waals surface area contributed by atoms with Gasteiger partial charge in [0.2, 0.25) is 0 Å². The van der Waals surface area contributed by atoms with E-state index in [9.17, 15) is 4.79 Å². The Hall–Kier alpha value is -2.44. The summed E-state index contributed by atoms with van der Waals surface area (Å²) in [4.78, 5) is 24.5. The van der Waals surface area contributed by atoms with Gasteiger partial charge in [-0.1, -0.05) is 50.8 Å². The molecule has 2 aromatic heterocycles. The molecular formula is C31H42N4OS. The summed E-state index contributed by atoms with van der Waals surface area (Å²) in [5.74, 6) is 1.80. The lowest BCUT2D eigenvalue weighted by atomic mass is 9.78. The monoisotopic (exact) mass is 518 g/mol. The van der Waals surface area contributed by atoms with Gasteiger partial charge >= 0.3 is 0 Å². The number of nitrogens with two attached hydrogens (primary N) is 1. The highest BCUT2D eigenvalue weighted by molar-refractivity contribution is 7.15. The van der Waals surface area contributed by atoms with Gasteiger partial charge in [0, 0.05) is 34.4 Å². The molecule has 1 aromatic carbocycles. The van der Waals surface area contributed by atoms with E-state index in [1.807, 2.05) is 24.4 Å². The lowest BCUT2D eigenvalue weighted by Gasteiger charge is -2.36. The fourth-order valence-corrected chi connectivity index (χ4v) is 7.40. The van der Waals surface area contributed by atoms with Crippen LogP contribution in [0.5, 0.6) is 0 Å². The van der Waals surface area contributed by atoms with Crippen LogP contribution in [0.25, 0.3) is 17.0 Å². The van der Waals surface area contributed by atoms with Crippen LogP contribution in [0.3, 0.4) is 0 Å². The molecule has 2 heterocycles. The zero-order valence-electron chi connectivity index (χ0n) is 22.3.